The highest BCUT2D eigenvalue weighted by Gasteiger charge is 2.62. The van der Waals surface area contributed by atoms with Crippen LogP contribution in [-0.4, -0.2) is 29.7 Å². The Balaban J connectivity index is 1.56. The second-order valence-corrected chi connectivity index (χ2v) is 6.99. The summed E-state index contributed by atoms with van der Waals surface area (Å²) in [6, 6.07) is 9.87. The van der Waals surface area contributed by atoms with Crippen LogP contribution in [0.3, 0.4) is 0 Å². The van der Waals surface area contributed by atoms with Gasteiger partial charge in [-0.15, -0.1) is 0 Å². The first-order valence-electron chi connectivity index (χ1n) is 8.73. The first-order valence-corrected chi connectivity index (χ1v) is 8.73. The lowest BCUT2D eigenvalue weighted by Gasteiger charge is -2.21. The molecular formula is C20H20F4O3. The Hall–Kier alpha value is -2.15. The van der Waals surface area contributed by atoms with Gasteiger partial charge in [0.2, 0.25) is 0 Å². The molecule has 0 bridgehead atoms. The van der Waals surface area contributed by atoms with Gasteiger partial charge < -0.3 is 9.84 Å². The van der Waals surface area contributed by atoms with E-state index in [4.69, 9.17) is 5.11 Å². The predicted octanol–water partition coefficient (Wildman–Crippen LogP) is 4.23. The maximum absolute atomic E-state index is 12.9. The summed E-state index contributed by atoms with van der Waals surface area (Å²) in [5, 5.41) is 8.11. The lowest BCUT2D eigenvalue weighted by atomic mass is 9.86. The molecule has 0 aliphatic heterocycles. The zero-order valence-electron chi connectivity index (χ0n) is 14.5. The summed E-state index contributed by atoms with van der Waals surface area (Å²) in [6.07, 6.45) is 3.85. The molecule has 1 saturated carbocycles. The van der Waals surface area contributed by atoms with Crippen molar-refractivity contribution in [2.24, 2.45) is 11.8 Å². The van der Waals surface area contributed by atoms with E-state index >= 15 is 0 Å². The average molecular weight is 384 g/mol. The minimum Gasteiger partial charge on any atom is -0.459 e. The van der Waals surface area contributed by atoms with Crippen LogP contribution in [0.2, 0.25) is 0 Å². The van der Waals surface area contributed by atoms with E-state index in [0.717, 1.165) is 5.56 Å². The molecule has 0 heterocycles. The number of hydrogen-bond acceptors (Lipinski definition) is 3. The van der Waals surface area contributed by atoms with Gasteiger partial charge in [0.15, 0.2) is 6.61 Å². The third-order valence-electron chi connectivity index (χ3n) is 5.35. The highest BCUT2D eigenvalue weighted by molar-refractivity contribution is 5.69. The van der Waals surface area contributed by atoms with E-state index in [1.807, 2.05) is 42.5 Å². The van der Waals surface area contributed by atoms with Gasteiger partial charge in [0.05, 0.1) is 0 Å². The highest BCUT2D eigenvalue weighted by Crippen LogP contribution is 2.65. The van der Waals surface area contributed by atoms with E-state index in [9.17, 15) is 22.4 Å². The molecule has 0 spiro atoms. The van der Waals surface area contributed by atoms with Crippen LogP contribution in [0.15, 0.2) is 54.6 Å². The standard InChI is InChI=1S/C20H20F4O3/c21-19(22,20(23,24)26)13-27-17(25)11-6-12-18(14-7-2-1-3-8-14)15-9-4-5-10-16(15)18/h1-5,7-10,15-16,26H,6,11-13H2. The molecule has 1 aromatic carbocycles. The molecule has 2 aliphatic rings. The largest absolute Gasteiger partial charge is 0.459 e. The summed E-state index contributed by atoms with van der Waals surface area (Å²) in [4.78, 5) is 11.7. The van der Waals surface area contributed by atoms with E-state index in [-0.39, 0.29) is 11.8 Å². The third-order valence-corrected chi connectivity index (χ3v) is 5.35. The Morgan fingerprint density at radius 3 is 2.22 bits per heavy atom. The first-order chi connectivity index (χ1) is 12.7. The normalized spacial score (nSPS) is 26.6. The summed E-state index contributed by atoms with van der Waals surface area (Å²) in [5.74, 6) is -5.16. The molecule has 27 heavy (non-hydrogen) atoms. The van der Waals surface area contributed by atoms with E-state index in [0.29, 0.717) is 24.7 Å². The van der Waals surface area contributed by atoms with Gasteiger partial charge in [-0.25, -0.2) is 0 Å². The molecule has 1 fully saturated rings. The summed E-state index contributed by atoms with van der Waals surface area (Å²) >= 11 is 0. The maximum atomic E-state index is 12.9. The molecule has 2 atom stereocenters. The van der Waals surface area contributed by atoms with Crippen LogP contribution in [0.1, 0.15) is 24.8 Å². The summed E-state index contributed by atoms with van der Waals surface area (Å²) < 4.78 is 54.8. The summed E-state index contributed by atoms with van der Waals surface area (Å²) in [6.45, 7) is -1.85. The van der Waals surface area contributed by atoms with Gasteiger partial charge in [-0.05, 0) is 30.2 Å². The van der Waals surface area contributed by atoms with Crippen LogP contribution >= 0.6 is 0 Å². The smallest absolute Gasteiger partial charge is 0.420 e. The molecule has 1 aromatic rings. The fraction of sp³-hybridized carbons (Fsp3) is 0.450. The molecule has 0 radical (unpaired) electrons. The summed E-state index contributed by atoms with van der Waals surface area (Å²) in [7, 11) is 0. The number of ether oxygens (including phenoxy) is 1. The number of alkyl halides is 4. The fourth-order valence-electron chi connectivity index (χ4n) is 3.92. The van der Waals surface area contributed by atoms with Gasteiger partial charge in [-0.2, -0.15) is 17.6 Å². The van der Waals surface area contributed by atoms with Gasteiger partial charge in [-0.3, -0.25) is 4.79 Å². The van der Waals surface area contributed by atoms with Crippen molar-refractivity contribution in [3.63, 3.8) is 0 Å². The predicted molar refractivity (Wildman–Crippen MR) is 90.3 cm³/mol. The average Bonchev–Trinajstić information content (AvgIpc) is 3.29. The zero-order valence-corrected chi connectivity index (χ0v) is 14.5. The summed E-state index contributed by atoms with van der Waals surface area (Å²) in [5.41, 5.74) is 1.00. The fourth-order valence-corrected chi connectivity index (χ4v) is 3.92. The van der Waals surface area contributed by atoms with Crippen molar-refractivity contribution in [1.29, 1.82) is 0 Å². The van der Waals surface area contributed by atoms with Gasteiger partial charge >= 0.3 is 18.0 Å². The maximum Gasteiger partial charge on any atom is 0.420 e. The monoisotopic (exact) mass is 384 g/mol. The van der Waals surface area contributed by atoms with E-state index in [1.165, 1.54) is 0 Å². The number of allylic oxidation sites excluding steroid dienone is 4. The quantitative estimate of drug-likeness (QED) is 0.539. The van der Waals surface area contributed by atoms with E-state index in [1.54, 1.807) is 0 Å². The molecule has 3 nitrogen and oxygen atoms in total. The lowest BCUT2D eigenvalue weighted by molar-refractivity contribution is -0.333. The molecule has 2 aliphatic carbocycles. The molecule has 7 heteroatoms. The number of fused-ring (bicyclic) bond motifs is 1. The Morgan fingerprint density at radius 1 is 1.07 bits per heavy atom. The van der Waals surface area contributed by atoms with Crippen LogP contribution in [0.4, 0.5) is 17.6 Å². The third kappa shape index (κ3) is 3.78. The SMILES string of the molecule is O=C(CCCC1(c2ccccc2)C2C=CC=CC21)OCC(F)(F)C(O)(F)F. The number of hydrogen-bond donors (Lipinski definition) is 1. The number of carbonyl (C=O) groups excluding carboxylic acids is 1. The van der Waals surface area contributed by atoms with Crippen LogP contribution in [-0.2, 0) is 14.9 Å². The Labute approximate surface area is 154 Å². The Morgan fingerprint density at radius 2 is 1.67 bits per heavy atom. The van der Waals surface area contributed by atoms with Crippen LogP contribution in [0.5, 0.6) is 0 Å². The molecule has 0 aromatic heterocycles. The number of carbonyl (C=O) groups is 1. The molecule has 0 amide bonds. The van der Waals surface area contributed by atoms with Crippen molar-refractivity contribution in [3.05, 3.63) is 60.2 Å². The highest BCUT2D eigenvalue weighted by atomic mass is 19.3. The number of rotatable bonds is 8. The minimum absolute atomic E-state index is 0.146. The number of halogens is 4. The molecule has 2 unspecified atom stereocenters. The molecular weight excluding hydrogens is 364 g/mol. The van der Waals surface area contributed by atoms with E-state index < -0.39 is 24.6 Å². The lowest BCUT2D eigenvalue weighted by Crippen LogP contribution is -2.44. The Bertz CT molecular complexity index is 719. The van der Waals surface area contributed by atoms with Gasteiger partial charge in [0.1, 0.15) is 0 Å². The number of aliphatic hydroxyl groups is 1. The van der Waals surface area contributed by atoms with Gasteiger partial charge in [0.25, 0.3) is 0 Å². The van der Waals surface area contributed by atoms with Gasteiger partial charge in [0, 0.05) is 11.8 Å². The van der Waals surface area contributed by atoms with Crippen molar-refractivity contribution in [2.75, 3.05) is 6.61 Å². The zero-order chi connectivity index (χ0) is 19.7. The molecule has 0 saturated heterocycles. The topological polar surface area (TPSA) is 46.5 Å². The van der Waals surface area contributed by atoms with Crippen molar-refractivity contribution >= 4 is 5.97 Å². The second kappa shape index (κ2) is 7.11. The van der Waals surface area contributed by atoms with Crippen molar-refractivity contribution < 1.29 is 32.2 Å². The first kappa shape index (κ1) is 19.6. The number of esters is 1. The van der Waals surface area contributed by atoms with Crippen molar-refractivity contribution in [3.8, 4) is 0 Å². The van der Waals surface area contributed by atoms with E-state index in [2.05, 4.69) is 16.9 Å². The van der Waals surface area contributed by atoms with Crippen molar-refractivity contribution in [1.82, 2.24) is 0 Å². The molecule has 3 rings (SSSR count). The van der Waals surface area contributed by atoms with Crippen LogP contribution < -0.4 is 0 Å². The minimum atomic E-state index is -5.23. The second-order valence-electron chi connectivity index (χ2n) is 6.99. The van der Waals surface area contributed by atoms with Crippen LogP contribution in [0, 0.1) is 11.8 Å². The van der Waals surface area contributed by atoms with Gasteiger partial charge in [-0.1, -0.05) is 54.6 Å². The molecule has 146 valence electrons. The van der Waals surface area contributed by atoms with Crippen molar-refractivity contribution in [2.45, 2.75) is 36.7 Å². The molecule has 1 N–H and O–H groups in total. The number of benzene rings is 1. The Kier molecular flexibility index (Phi) is 5.16. The van der Waals surface area contributed by atoms with Crippen LogP contribution in [0.25, 0.3) is 0 Å².